The van der Waals surface area contributed by atoms with Crippen LogP contribution in [0.5, 0.6) is 0 Å². The molecule has 0 spiro atoms. The Kier molecular flexibility index (Phi) is 25.0. The molecule has 8 aromatic carbocycles. The molecule has 9 aromatic heterocycles. The topological polar surface area (TPSA) is 66.1 Å². The van der Waals surface area contributed by atoms with Gasteiger partial charge in [-0.15, -0.1) is 34.0 Å². The van der Waals surface area contributed by atoms with Crippen molar-refractivity contribution in [2.24, 2.45) is 4.99 Å². The second-order valence-corrected chi connectivity index (χ2v) is 40.8. The molecule has 0 fully saturated rings. The number of allylic oxidation sites excluding steroid dienone is 5. The summed E-state index contributed by atoms with van der Waals surface area (Å²) in [5.41, 5.74) is 42.5. The molecule has 23 rings (SSSR count). The molecule has 6 aliphatic heterocycles. The van der Waals surface area contributed by atoms with E-state index in [9.17, 15) is 0 Å². The lowest BCUT2D eigenvalue weighted by Crippen LogP contribution is -2.26. The van der Waals surface area contributed by atoms with Crippen molar-refractivity contribution in [2.75, 3.05) is 68.0 Å². The number of thiophene rings is 3. The molecular formula is C115H122N12S3. The zero-order valence-corrected chi connectivity index (χ0v) is 81.4. The van der Waals surface area contributed by atoms with Gasteiger partial charge in [0.15, 0.2) is 0 Å². The number of benzene rings is 8. The fraction of sp³-hybridized carbons (Fsp3) is 0.287. The van der Waals surface area contributed by atoms with Crippen LogP contribution in [0.1, 0.15) is 167 Å². The van der Waals surface area contributed by atoms with Gasteiger partial charge in [-0.3, -0.25) is 9.98 Å². The molecule has 0 saturated heterocycles. The van der Waals surface area contributed by atoms with Crippen molar-refractivity contribution >= 4 is 174 Å². The number of fused-ring (bicyclic) bond motifs is 18. The van der Waals surface area contributed by atoms with E-state index in [1.807, 2.05) is 52.6 Å². The molecule has 0 bridgehead atoms. The van der Waals surface area contributed by atoms with Crippen molar-refractivity contribution in [2.45, 2.75) is 154 Å². The van der Waals surface area contributed by atoms with Crippen LogP contribution in [0.15, 0.2) is 204 Å². The summed E-state index contributed by atoms with van der Waals surface area (Å²) in [6.45, 7) is 38.0. The standard InChI is InChI=1S/C25H25N3.C24H25N3.C24H24N2S.2C21H24N2S/c1-17-8-9-24-21(12-17)23-16-27(3)11-10-25(23)28(24)15-18(2)22-14-26-13-19-6-4-5-7-20(19)22;1-16-7-8-23-20(11-16)22-15-26(3)10-9-24(22)27(23)14-17(2)19-6-4-5-18-12-25-13-21(18)19;1-16-8-9-21-19(12-16)20-15-25(3)11-10-22(20)26(21)14-17(2)24-13-18-6-4-5-7-23(18)27-24;1-14-5-6-19-17(11-14)18-13-22(4)9-7-20(18)23(19)12-16(3)21-15(2)8-10-24-21;1-14-5-6-19-17(9-14)18-12-22(4)8-7-20(18)23(19)11-16(3)21-10-15(2)13-24-21/h4-9,12-15H,10-11,16H2,1-3H3;4-8,11,13-14H,9-10,12,15H2,1-3H3;4-9,12-14H,10-11,15H2,1-3H3;5-6,8,10-12H,7,9,13H2,1-4H3;5-6,9-11,13H,7-8,12H2,1-4H3/b18-15+;2*17-14-;16-12-;16-11-. The van der Waals surface area contributed by atoms with Gasteiger partial charge in [0.1, 0.15) is 0 Å². The van der Waals surface area contributed by atoms with E-state index < -0.39 is 0 Å². The number of aryl methyl sites for hydroxylation is 7. The van der Waals surface area contributed by atoms with E-state index in [-0.39, 0.29) is 0 Å². The van der Waals surface area contributed by atoms with E-state index in [2.05, 4.69) is 393 Å². The minimum atomic E-state index is 0.809. The van der Waals surface area contributed by atoms with E-state index in [0.29, 0.717) is 0 Å². The van der Waals surface area contributed by atoms with Crippen molar-refractivity contribution in [3.8, 4) is 0 Å². The van der Waals surface area contributed by atoms with Crippen molar-refractivity contribution in [1.29, 1.82) is 0 Å². The van der Waals surface area contributed by atoms with E-state index in [4.69, 9.17) is 0 Å². The lowest BCUT2D eigenvalue weighted by molar-refractivity contribution is 0.312. The van der Waals surface area contributed by atoms with Gasteiger partial charge in [-0.05, 0) is 303 Å². The van der Waals surface area contributed by atoms with Crippen molar-refractivity contribution in [3.63, 3.8) is 0 Å². The Morgan fingerprint density at radius 3 is 1.14 bits per heavy atom. The molecule has 6 aliphatic rings. The van der Waals surface area contributed by atoms with E-state index in [0.717, 1.165) is 104 Å². The highest BCUT2D eigenvalue weighted by Crippen LogP contribution is 2.42. The van der Waals surface area contributed by atoms with Crippen LogP contribution in [-0.2, 0) is 71.4 Å². The van der Waals surface area contributed by atoms with Gasteiger partial charge in [-0.25, -0.2) is 0 Å². The summed E-state index contributed by atoms with van der Waals surface area (Å²) < 4.78 is 13.6. The molecule has 0 amide bonds. The minimum Gasteiger partial charge on any atom is -0.320 e. The number of aromatic nitrogens is 6. The summed E-state index contributed by atoms with van der Waals surface area (Å²) >= 11 is 5.55. The van der Waals surface area contributed by atoms with Crippen molar-refractivity contribution in [1.82, 2.24) is 52.3 Å². The predicted octanol–water partition coefficient (Wildman–Crippen LogP) is 27.2. The number of rotatable bonds is 10. The van der Waals surface area contributed by atoms with Gasteiger partial charge in [-0.1, -0.05) is 119 Å². The Bertz CT molecular complexity index is 7420. The molecule has 0 saturated carbocycles. The van der Waals surface area contributed by atoms with Gasteiger partial charge >= 0.3 is 0 Å². The van der Waals surface area contributed by atoms with Gasteiger partial charge in [-0.2, -0.15) is 0 Å². The maximum atomic E-state index is 4.48. The van der Waals surface area contributed by atoms with Crippen LogP contribution >= 0.6 is 34.0 Å². The zero-order valence-electron chi connectivity index (χ0n) is 78.9. The second-order valence-electron chi connectivity index (χ2n) is 37.9. The Hall–Kier alpha value is -11.6. The smallest absolute Gasteiger partial charge is 0.0646 e. The van der Waals surface area contributed by atoms with Crippen LogP contribution < -0.4 is 0 Å². The number of aliphatic imine (C=N–C) groups is 1. The molecule has 17 aromatic rings. The highest BCUT2D eigenvalue weighted by Gasteiger charge is 2.29. The quantitative estimate of drug-likeness (QED) is 0.136. The van der Waals surface area contributed by atoms with Crippen molar-refractivity contribution in [3.05, 3.63) is 331 Å². The van der Waals surface area contributed by atoms with Crippen molar-refractivity contribution < 1.29 is 0 Å². The highest BCUT2D eigenvalue weighted by atomic mass is 32.1. The molecule has 0 unspecified atom stereocenters. The maximum Gasteiger partial charge on any atom is 0.0646 e. The maximum absolute atomic E-state index is 4.48. The Labute approximate surface area is 779 Å². The summed E-state index contributed by atoms with van der Waals surface area (Å²) in [5.74, 6) is 0. The first-order valence-corrected chi connectivity index (χ1v) is 49.0. The van der Waals surface area contributed by atoms with Crippen LogP contribution in [0.3, 0.4) is 0 Å². The average molecular weight is 1770 g/mol. The van der Waals surface area contributed by atoms with Gasteiger partial charge in [0.05, 0.1) is 34.1 Å². The molecule has 0 aliphatic carbocycles. The molecule has 0 atom stereocenters. The minimum absolute atomic E-state index is 0.809. The molecular weight excluding hydrogens is 1650 g/mol. The van der Waals surface area contributed by atoms with E-state index in [1.54, 1.807) is 0 Å². The normalized spacial score (nSPS) is 15.9. The Balaban J connectivity index is 0.000000105. The molecule has 12 nitrogen and oxygen atoms in total. The number of pyridine rings is 1. The van der Waals surface area contributed by atoms with E-state index in [1.165, 1.54) is 235 Å². The Morgan fingerprint density at radius 2 is 0.731 bits per heavy atom. The number of hydrogen-bond acceptors (Lipinski definition) is 10. The summed E-state index contributed by atoms with van der Waals surface area (Å²) in [6, 6.07) is 64.8. The summed E-state index contributed by atoms with van der Waals surface area (Å²) in [5, 5.41) is 15.2. The average Bonchev–Trinajstić information content (AvgIpc) is 1.62. The van der Waals surface area contributed by atoms with E-state index >= 15 is 0 Å². The van der Waals surface area contributed by atoms with Crippen LogP contribution in [0.2, 0.25) is 0 Å². The lowest BCUT2D eigenvalue weighted by Gasteiger charge is -2.23. The molecule has 130 heavy (non-hydrogen) atoms. The molecule has 0 radical (unpaired) electrons. The first-order chi connectivity index (χ1) is 62.9. The SMILES string of the molecule is C/C(=C/n1c2c(c3cc(C)ccc31)CN(C)CC2)c1cc(C)cs1.C/C(=C/n1c2c(c3cc(C)ccc31)CN(C)CC2)c1cc2ccccc2s1.C/C(=C/n1c2c(c3cc(C)ccc31)CN(C)CC2)c1cccc2c1C=NC2.C/C(=C/n1c2c(c3cc(C)ccc31)CN(C)CC2)c1sccc1C.C/C(=C\n1c2c(c3cc(C)ccc31)CN(C)CC2)c1cncc2ccccc12. The molecule has 0 N–H and O–H groups in total. The number of nitrogens with zero attached hydrogens (tertiary/aromatic N) is 12. The summed E-state index contributed by atoms with van der Waals surface area (Å²) in [6.07, 6.45) is 23.2. The predicted molar refractivity (Wildman–Crippen MR) is 562 cm³/mol. The fourth-order valence-corrected chi connectivity index (χ4v) is 23.5. The molecule has 15 heterocycles. The van der Waals surface area contributed by atoms with Gasteiger partial charge in [0, 0.05) is 238 Å². The third-order valence-corrected chi connectivity index (χ3v) is 31.2. The van der Waals surface area contributed by atoms with Gasteiger partial charge in [0.25, 0.3) is 0 Å². The number of likely N-dealkylation sites (N-methyl/N-ethyl adjacent to an activating group) is 5. The molecule has 660 valence electrons. The van der Waals surface area contributed by atoms with Crippen LogP contribution in [0, 0.1) is 48.5 Å². The fourth-order valence-electron chi connectivity index (χ4n) is 20.7. The van der Waals surface area contributed by atoms with Gasteiger partial charge < -0.3 is 47.3 Å². The second kappa shape index (κ2) is 37.0. The van der Waals surface area contributed by atoms with Gasteiger partial charge in [0.2, 0.25) is 0 Å². The first kappa shape index (κ1) is 87.7. The van der Waals surface area contributed by atoms with Crippen LogP contribution in [0.25, 0.3) is 134 Å². The third-order valence-electron chi connectivity index (χ3n) is 27.6. The monoisotopic (exact) mass is 1770 g/mol. The third kappa shape index (κ3) is 17.5. The first-order valence-electron chi connectivity index (χ1n) is 46.4. The lowest BCUT2D eigenvalue weighted by atomic mass is 9.98. The Morgan fingerprint density at radius 1 is 0.338 bits per heavy atom. The summed E-state index contributed by atoms with van der Waals surface area (Å²) in [7, 11) is 11.1. The zero-order chi connectivity index (χ0) is 90.0. The molecule has 15 heteroatoms. The number of hydrogen-bond donors (Lipinski definition) is 0. The van der Waals surface area contributed by atoms with Crippen LogP contribution in [0.4, 0.5) is 0 Å². The highest BCUT2D eigenvalue weighted by molar-refractivity contribution is 7.20. The summed E-state index contributed by atoms with van der Waals surface area (Å²) in [4.78, 5) is 25.2. The van der Waals surface area contributed by atoms with Crippen LogP contribution in [-0.4, -0.2) is 126 Å². The largest absolute Gasteiger partial charge is 0.320 e.